The summed E-state index contributed by atoms with van der Waals surface area (Å²) >= 11 is 1.60. The Hall–Kier alpha value is -2.99. The monoisotopic (exact) mass is 478 g/mol. The lowest BCUT2D eigenvalue weighted by Gasteiger charge is -2.31. The molecule has 1 aromatic heterocycles. The van der Waals surface area contributed by atoms with Crippen LogP contribution in [0.15, 0.2) is 72.1 Å². The average Bonchev–Trinajstić information content (AvgIpc) is 3.50. The van der Waals surface area contributed by atoms with E-state index in [-0.39, 0.29) is 42.1 Å². The molecule has 34 heavy (non-hydrogen) atoms. The van der Waals surface area contributed by atoms with Crippen LogP contribution in [0.1, 0.15) is 48.6 Å². The van der Waals surface area contributed by atoms with Crippen LogP contribution >= 0.6 is 11.3 Å². The molecule has 1 heterocycles. The first-order chi connectivity index (χ1) is 16.5. The molecule has 3 aromatic rings. The van der Waals surface area contributed by atoms with Crippen molar-refractivity contribution >= 4 is 23.2 Å². The lowest BCUT2D eigenvalue weighted by molar-refractivity contribution is -0.143. The topological polar surface area (TPSA) is 40.6 Å². The molecule has 4 rings (SSSR count). The highest BCUT2D eigenvalue weighted by Crippen LogP contribution is 2.48. The molecule has 0 N–H and O–H groups in total. The summed E-state index contributed by atoms with van der Waals surface area (Å²) in [6.45, 7) is 4.94. The molecule has 0 saturated heterocycles. The average molecular weight is 479 g/mol. The second-order valence-electron chi connectivity index (χ2n) is 9.04. The Morgan fingerprint density at radius 3 is 2.41 bits per heavy atom. The maximum absolute atomic E-state index is 13.5. The molecule has 2 aromatic carbocycles. The third-order valence-corrected chi connectivity index (χ3v) is 7.47. The fourth-order valence-electron chi connectivity index (χ4n) is 4.30. The van der Waals surface area contributed by atoms with Crippen LogP contribution in [0, 0.1) is 11.7 Å². The zero-order chi connectivity index (χ0) is 24.1. The molecule has 1 aliphatic rings. The zero-order valence-corrected chi connectivity index (χ0v) is 20.5. The lowest BCUT2D eigenvalue weighted by Crippen LogP contribution is -2.47. The van der Waals surface area contributed by atoms with Gasteiger partial charge in [0.05, 0.1) is 6.54 Å². The van der Waals surface area contributed by atoms with Crippen LogP contribution < -0.4 is 0 Å². The van der Waals surface area contributed by atoms with E-state index in [1.807, 2.05) is 49.6 Å². The van der Waals surface area contributed by atoms with Crippen LogP contribution in [0.4, 0.5) is 4.39 Å². The van der Waals surface area contributed by atoms with Crippen LogP contribution in [0.5, 0.6) is 0 Å². The largest absolute Gasteiger partial charge is 0.332 e. The Balaban J connectivity index is 1.49. The number of nitrogens with zero attached hydrogens (tertiary/aromatic N) is 2. The molecule has 1 aliphatic carbocycles. The van der Waals surface area contributed by atoms with E-state index in [2.05, 4.69) is 12.1 Å². The van der Waals surface area contributed by atoms with E-state index in [1.165, 1.54) is 17.7 Å². The standard InChI is InChI=1S/C28H31FN2O2S/c1-3-20(2)31(28(33)26-16-25(26)22-8-5-4-6-9-22)19-27(32)30(18-24-10-7-15-34-24)17-21-11-13-23(29)14-12-21/h4-15,20,25-26H,3,16-19H2,1-2H3. The summed E-state index contributed by atoms with van der Waals surface area (Å²) in [5.74, 6) is -0.160. The summed E-state index contributed by atoms with van der Waals surface area (Å²) < 4.78 is 13.4. The number of rotatable bonds is 10. The minimum atomic E-state index is -0.300. The van der Waals surface area contributed by atoms with Crippen molar-refractivity contribution in [3.05, 3.63) is 93.9 Å². The van der Waals surface area contributed by atoms with Gasteiger partial charge in [-0.25, -0.2) is 4.39 Å². The molecule has 4 nitrogen and oxygen atoms in total. The van der Waals surface area contributed by atoms with Crippen molar-refractivity contribution in [2.45, 2.75) is 51.7 Å². The molecule has 0 spiro atoms. The molecule has 1 fully saturated rings. The van der Waals surface area contributed by atoms with Crippen molar-refractivity contribution < 1.29 is 14.0 Å². The maximum Gasteiger partial charge on any atom is 0.242 e. The van der Waals surface area contributed by atoms with Crippen molar-refractivity contribution in [1.82, 2.24) is 9.80 Å². The van der Waals surface area contributed by atoms with Crippen molar-refractivity contribution in [3.63, 3.8) is 0 Å². The van der Waals surface area contributed by atoms with Gasteiger partial charge < -0.3 is 9.80 Å². The highest BCUT2D eigenvalue weighted by atomic mass is 32.1. The number of carbonyl (C=O) groups is 2. The minimum Gasteiger partial charge on any atom is -0.332 e. The molecule has 2 amide bonds. The maximum atomic E-state index is 13.5. The number of hydrogen-bond acceptors (Lipinski definition) is 3. The van der Waals surface area contributed by atoms with Gasteiger partial charge in [-0.2, -0.15) is 0 Å². The molecule has 1 saturated carbocycles. The summed E-state index contributed by atoms with van der Waals surface area (Å²) in [4.78, 5) is 31.6. The van der Waals surface area contributed by atoms with Crippen LogP contribution in [0.2, 0.25) is 0 Å². The molecule has 3 atom stereocenters. The fourth-order valence-corrected chi connectivity index (χ4v) is 5.02. The molecular formula is C28H31FN2O2S. The van der Waals surface area contributed by atoms with Gasteiger partial charge in [-0.15, -0.1) is 11.3 Å². The van der Waals surface area contributed by atoms with Crippen molar-refractivity contribution in [2.75, 3.05) is 6.54 Å². The van der Waals surface area contributed by atoms with E-state index >= 15 is 0 Å². The van der Waals surface area contributed by atoms with Gasteiger partial charge in [0.25, 0.3) is 0 Å². The summed E-state index contributed by atoms with van der Waals surface area (Å²) in [5.41, 5.74) is 2.05. The number of thiophene rings is 1. The van der Waals surface area contributed by atoms with Crippen molar-refractivity contribution in [1.29, 1.82) is 0 Å². The van der Waals surface area contributed by atoms with E-state index in [1.54, 1.807) is 33.3 Å². The Morgan fingerprint density at radius 2 is 1.76 bits per heavy atom. The second-order valence-corrected chi connectivity index (χ2v) is 10.1. The first kappa shape index (κ1) is 24.1. The third-order valence-electron chi connectivity index (χ3n) is 6.61. The Bertz CT molecular complexity index is 1090. The van der Waals surface area contributed by atoms with Crippen LogP contribution in [-0.2, 0) is 22.7 Å². The van der Waals surface area contributed by atoms with Crippen LogP contribution in [-0.4, -0.2) is 34.2 Å². The highest BCUT2D eigenvalue weighted by Gasteiger charge is 2.46. The second kappa shape index (κ2) is 11.0. The smallest absolute Gasteiger partial charge is 0.242 e. The first-order valence-electron chi connectivity index (χ1n) is 11.9. The van der Waals surface area contributed by atoms with Crippen LogP contribution in [0.3, 0.4) is 0 Å². The fraction of sp³-hybridized carbons (Fsp3) is 0.357. The minimum absolute atomic E-state index is 0.0251. The third kappa shape index (κ3) is 5.92. The van der Waals surface area contributed by atoms with Gasteiger partial charge in [0.1, 0.15) is 12.4 Å². The van der Waals surface area contributed by atoms with Gasteiger partial charge in [0.15, 0.2) is 0 Å². The quantitative estimate of drug-likeness (QED) is 0.367. The Kier molecular flexibility index (Phi) is 7.78. The Morgan fingerprint density at radius 1 is 1.03 bits per heavy atom. The van der Waals surface area contributed by atoms with Gasteiger partial charge in [0, 0.05) is 23.4 Å². The SMILES string of the molecule is CCC(C)N(CC(=O)N(Cc1ccc(F)cc1)Cc1cccs1)C(=O)C1CC1c1ccccc1. The number of benzene rings is 2. The lowest BCUT2D eigenvalue weighted by atomic mass is 10.1. The summed E-state index contributed by atoms with van der Waals surface area (Å²) in [5, 5.41) is 1.99. The molecular weight excluding hydrogens is 447 g/mol. The van der Waals surface area contributed by atoms with E-state index in [9.17, 15) is 14.0 Å². The van der Waals surface area contributed by atoms with Crippen molar-refractivity contribution in [2.24, 2.45) is 5.92 Å². The summed E-state index contributed by atoms with van der Waals surface area (Å²) in [6.07, 6.45) is 1.61. The van der Waals surface area contributed by atoms with E-state index < -0.39 is 0 Å². The summed E-state index contributed by atoms with van der Waals surface area (Å²) in [6, 6.07) is 20.3. The molecule has 3 unspecified atom stereocenters. The number of carbonyl (C=O) groups excluding carboxylic acids is 2. The molecule has 0 bridgehead atoms. The normalized spacial score (nSPS) is 17.7. The first-order valence-corrected chi connectivity index (χ1v) is 12.7. The molecule has 0 aliphatic heterocycles. The predicted molar refractivity (Wildman–Crippen MR) is 134 cm³/mol. The van der Waals surface area contributed by atoms with Gasteiger partial charge in [0.2, 0.25) is 11.8 Å². The number of amides is 2. The molecule has 178 valence electrons. The number of halogens is 1. The Labute approximate surface area is 205 Å². The highest BCUT2D eigenvalue weighted by molar-refractivity contribution is 7.09. The zero-order valence-electron chi connectivity index (χ0n) is 19.7. The van der Waals surface area contributed by atoms with E-state index in [4.69, 9.17) is 0 Å². The van der Waals surface area contributed by atoms with Gasteiger partial charge in [-0.1, -0.05) is 55.5 Å². The van der Waals surface area contributed by atoms with Gasteiger partial charge >= 0.3 is 0 Å². The van der Waals surface area contributed by atoms with E-state index in [0.717, 1.165) is 23.3 Å². The van der Waals surface area contributed by atoms with E-state index in [0.29, 0.717) is 13.1 Å². The van der Waals surface area contributed by atoms with Crippen molar-refractivity contribution in [3.8, 4) is 0 Å². The summed E-state index contributed by atoms with van der Waals surface area (Å²) in [7, 11) is 0. The molecule has 6 heteroatoms. The van der Waals surface area contributed by atoms with Gasteiger partial charge in [-0.05, 0) is 60.4 Å². The predicted octanol–water partition coefficient (Wildman–Crippen LogP) is 5.85. The molecule has 0 radical (unpaired) electrons. The van der Waals surface area contributed by atoms with Crippen LogP contribution in [0.25, 0.3) is 0 Å². The van der Waals surface area contributed by atoms with Gasteiger partial charge in [-0.3, -0.25) is 9.59 Å². The number of hydrogen-bond donors (Lipinski definition) is 0.